The van der Waals surface area contributed by atoms with E-state index in [1.807, 2.05) is 0 Å². The summed E-state index contributed by atoms with van der Waals surface area (Å²) in [7, 11) is -5.70. The maximum Gasteiger partial charge on any atom is 0.419 e. The lowest BCUT2D eigenvalue weighted by Crippen LogP contribution is -2.60. The summed E-state index contributed by atoms with van der Waals surface area (Å²) in [5, 5.41) is 10.6. The Morgan fingerprint density at radius 3 is 2.00 bits per heavy atom. The Kier molecular flexibility index (Phi) is 5.80. The normalized spacial score (nSPS) is 19.1. The maximum atomic E-state index is 15.1. The molecule has 0 bridgehead atoms. The highest BCUT2D eigenvalue weighted by Gasteiger charge is 2.72. The molecule has 1 aliphatic heterocycles. The van der Waals surface area contributed by atoms with E-state index < -0.39 is 44.7 Å². The molecule has 1 atom stereocenters. The fourth-order valence-electron chi connectivity index (χ4n) is 4.10. The van der Waals surface area contributed by atoms with E-state index in [-0.39, 0.29) is 21.4 Å². The van der Waals surface area contributed by atoms with Crippen LogP contribution in [0.25, 0.3) is 5.70 Å². The molecule has 3 N–H and O–H groups in total. The number of nitrogen functional groups attached to an aromatic ring is 1. The van der Waals surface area contributed by atoms with Crippen LogP contribution in [0, 0.1) is 17.1 Å². The minimum Gasteiger partial charge on any atom is -0.399 e. The van der Waals surface area contributed by atoms with Crippen molar-refractivity contribution in [1.29, 1.82) is 5.26 Å². The summed E-state index contributed by atoms with van der Waals surface area (Å²) in [6.45, 7) is 0. The van der Waals surface area contributed by atoms with Gasteiger partial charge < -0.3 is 5.73 Å². The Labute approximate surface area is 197 Å². The molecular formula is C23H16F4N4O3S. The predicted molar refractivity (Wildman–Crippen MR) is 120 cm³/mol. The van der Waals surface area contributed by atoms with Gasteiger partial charge in [-0.1, -0.05) is 34.7 Å². The predicted octanol–water partition coefficient (Wildman–Crippen LogP) is 4.64. The molecule has 1 aliphatic rings. The average molecular weight is 504 g/mol. The monoisotopic (exact) mass is 504 g/mol. The number of benzene rings is 3. The SMILES string of the molecule is N#CC1=C(c2ccc(F)cc2)N(c2ccc(N)cc2)N(S(=O)(=O)O)C1(c1ccccc1)C(F)(F)F. The van der Waals surface area contributed by atoms with Crippen molar-refractivity contribution in [1.82, 2.24) is 4.41 Å². The molecule has 1 unspecified atom stereocenters. The van der Waals surface area contributed by atoms with Gasteiger partial charge in [0.2, 0.25) is 5.54 Å². The van der Waals surface area contributed by atoms with Crippen molar-refractivity contribution in [3.05, 3.63) is 101 Å². The van der Waals surface area contributed by atoms with Crippen molar-refractivity contribution in [3.63, 3.8) is 0 Å². The zero-order valence-corrected chi connectivity index (χ0v) is 18.4. The van der Waals surface area contributed by atoms with Crippen LogP contribution in [0.5, 0.6) is 0 Å². The average Bonchev–Trinajstić information content (AvgIpc) is 3.13. The van der Waals surface area contributed by atoms with Crippen molar-refractivity contribution in [2.45, 2.75) is 11.7 Å². The summed E-state index contributed by atoms with van der Waals surface area (Å²) >= 11 is 0. The van der Waals surface area contributed by atoms with Gasteiger partial charge in [-0.15, -0.1) is 0 Å². The van der Waals surface area contributed by atoms with Gasteiger partial charge in [-0.05, 0) is 54.1 Å². The number of anilines is 2. The van der Waals surface area contributed by atoms with E-state index in [0.717, 1.165) is 36.4 Å². The van der Waals surface area contributed by atoms with Crippen LogP contribution in [0.1, 0.15) is 11.1 Å². The number of nitrogens with two attached hydrogens (primary N) is 1. The fraction of sp³-hybridized carbons (Fsp3) is 0.0870. The van der Waals surface area contributed by atoms with Gasteiger partial charge in [0, 0.05) is 11.3 Å². The molecule has 3 aromatic carbocycles. The van der Waals surface area contributed by atoms with E-state index in [1.165, 1.54) is 48.5 Å². The second kappa shape index (κ2) is 8.38. The highest BCUT2D eigenvalue weighted by Crippen LogP contribution is 2.58. The summed E-state index contributed by atoms with van der Waals surface area (Å²) in [5.74, 6) is -0.707. The molecule has 7 nitrogen and oxygen atoms in total. The first-order valence-electron chi connectivity index (χ1n) is 9.89. The van der Waals surface area contributed by atoms with E-state index in [0.29, 0.717) is 5.01 Å². The first-order valence-corrected chi connectivity index (χ1v) is 11.3. The first-order chi connectivity index (χ1) is 16.4. The minimum absolute atomic E-state index is 0.101. The van der Waals surface area contributed by atoms with Crippen LogP contribution in [-0.2, 0) is 15.8 Å². The smallest absolute Gasteiger partial charge is 0.399 e. The van der Waals surface area contributed by atoms with Gasteiger partial charge in [0.25, 0.3) is 0 Å². The van der Waals surface area contributed by atoms with Gasteiger partial charge in [0.05, 0.1) is 23.0 Å². The van der Waals surface area contributed by atoms with Gasteiger partial charge in [-0.25, -0.2) is 4.39 Å². The zero-order chi connectivity index (χ0) is 25.6. The molecule has 0 amide bonds. The third-order valence-corrected chi connectivity index (χ3v) is 6.34. The Morgan fingerprint density at radius 1 is 0.943 bits per heavy atom. The summed E-state index contributed by atoms with van der Waals surface area (Å²) in [4.78, 5) is 0. The van der Waals surface area contributed by atoms with Crippen LogP contribution in [0.3, 0.4) is 0 Å². The van der Waals surface area contributed by atoms with Gasteiger partial charge in [-0.2, -0.15) is 26.9 Å². The molecule has 0 aliphatic carbocycles. The lowest BCUT2D eigenvalue weighted by molar-refractivity contribution is -0.205. The first kappa shape index (κ1) is 24.2. The minimum atomic E-state index is -5.70. The molecule has 0 aromatic heterocycles. The van der Waals surface area contributed by atoms with E-state index >= 15 is 13.2 Å². The van der Waals surface area contributed by atoms with Crippen LogP contribution >= 0.6 is 0 Å². The number of alkyl halides is 3. The van der Waals surface area contributed by atoms with Crippen molar-refractivity contribution < 1.29 is 30.5 Å². The van der Waals surface area contributed by atoms with E-state index in [9.17, 15) is 22.6 Å². The Bertz CT molecular complexity index is 1440. The number of hydrogen-bond acceptors (Lipinski definition) is 5. The summed E-state index contributed by atoms with van der Waals surface area (Å²) in [6.07, 6.45) is -5.44. The number of hydrogen-bond donors (Lipinski definition) is 2. The number of halogens is 4. The highest BCUT2D eigenvalue weighted by atomic mass is 32.2. The van der Waals surface area contributed by atoms with Gasteiger partial charge in [0.1, 0.15) is 5.82 Å². The second-order valence-electron chi connectivity index (χ2n) is 7.54. The van der Waals surface area contributed by atoms with E-state index in [2.05, 4.69) is 0 Å². The quantitative estimate of drug-likeness (QED) is 0.304. The number of nitriles is 1. The molecular weight excluding hydrogens is 488 g/mol. The lowest BCUT2D eigenvalue weighted by Gasteiger charge is -2.41. The molecule has 0 radical (unpaired) electrons. The Morgan fingerprint density at radius 2 is 1.51 bits per heavy atom. The van der Waals surface area contributed by atoms with Gasteiger partial charge in [0.15, 0.2) is 0 Å². The van der Waals surface area contributed by atoms with Crippen molar-refractivity contribution in [2.75, 3.05) is 10.7 Å². The van der Waals surface area contributed by atoms with Crippen LogP contribution in [0.2, 0.25) is 0 Å². The van der Waals surface area contributed by atoms with Crippen LogP contribution in [-0.4, -0.2) is 23.6 Å². The fourth-order valence-corrected chi connectivity index (χ4v) is 5.12. The lowest BCUT2D eigenvalue weighted by atomic mass is 9.82. The molecule has 0 spiro atoms. The standard InChI is InChI=1S/C23H16F4N4O3S/c24-17-8-6-15(7-9-17)21-20(14-28)22(23(25,26)27,16-4-2-1-3-5-16)31(35(32,33)34)30(21)19-12-10-18(29)11-13-19/h1-13H,29H2,(H,32,33,34). The number of rotatable bonds is 4. The Balaban J connectivity index is 2.23. The molecule has 0 saturated carbocycles. The van der Waals surface area contributed by atoms with E-state index in [4.69, 9.17) is 5.73 Å². The van der Waals surface area contributed by atoms with Crippen LogP contribution < -0.4 is 10.7 Å². The molecule has 4 rings (SSSR count). The summed E-state index contributed by atoms with van der Waals surface area (Å²) < 4.78 is 94.4. The van der Waals surface area contributed by atoms with Crippen molar-refractivity contribution in [3.8, 4) is 6.07 Å². The van der Waals surface area contributed by atoms with Gasteiger partial charge >= 0.3 is 16.5 Å². The zero-order valence-electron chi connectivity index (χ0n) is 17.6. The molecule has 35 heavy (non-hydrogen) atoms. The van der Waals surface area contributed by atoms with Crippen molar-refractivity contribution in [2.24, 2.45) is 0 Å². The van der Waals surface area contributed by atoms with Crippen LogP contribution in [0.4, 0.5) is 28.9 Å². The summed E-state index contributed by atoms with van der Waals surface area (Å²) in [6, 6.07) is 16.6. The number of hydrazine groups is 1. The highest BCUT2D eigenvalue weighted by molar-refractivity contribution is 7.83. The third kappa shape index (κ3) is 3.79. The number of nitrogens with zero attached hydrogens (tertiary/aromatic N) is 3. The largest absolute Gasteiger partial charge is 0.419 e. The third-order valence-electron chi connectivity index (χ3n) is 5.47. The molecule has 180 valence electrons. The topological polar surface area (TPSA) is 111 Å². The molecule has 0 fully saturated rings. The molecule has 3 aromatic rings. The van der Waals surface area contributed by atoms with E-state index in [1.54, 1.807) is 0 Å². The second-order valence-corrected chi connectivity index (χ2v) is 8.78. The maximum absolute atomic E-state index is 15.1. The molecule has 12 heteroatoms. The van der Waals surface area contributed by atoms with Crippen molar-refractivity contribution >= 4 is 27.4 Å². The van der Waals surface area contributed by atoms with Crippen LogP contribution in [0.15, 0.2) is 84.4 Å². The van der Waals surface area contributed by atoms with Gasteiger partial charge in [-0.3, -0.25) is 9.56 Å². The summed E-state index contributed by atoms with van der Waals surface area (Å²) in [5.41, 5.74) is -0.199. The molecule has 0 saturated heterocycles. The Hall–Kier alpha value is -3.92. The molecule has 1 heterocycles.